The fourth-order valence-electron chi connectivity index (χ4n) is 4.90. The third kappa shape index (κ3) is 5.91. The number of hydrazine groups is 2. The molecule has 1 fully saturated rings. The first kappa shape index (κ1) is 24.9. The molecule has 5 N–H and O–H groups in total. The van der Waals surface area contributed by atoms with Crippen molar-refractivity contribution in [2.45, 2.75) is 32.4 Å². The molecule has 0 bridgehead atoms. The topological polar surface area (TPSA) is 100 Å². The van der Waals surface area contributed by atoms with Crippen molar-refractivity contribution in [3.63, 3.8) is 0 Å². The molecule has 35 heavy (non-hydrogen) atoms. The van der Waals surface area contributed by atoms with Gasteiger partial charge < -0.3 is 21.0 Å². The van der Waals surface area contributed by atoms with Crippen molar-refractivity contribution in [3.8, 4) is 0 Å². The Hall–Kier alpha value is -3.17. The summed E-state index contributed by atoms with van der Waals surface area (Å²) in [5.41, 5.74) is 13.9. The van der Waals surface area contributed by atoms with Crippen LogP contribution in [-0.2, 0) is 11.3 Å². The number of nitrogens with one attached hydrogen (secondary N) is 3. The van der Waals surface area contributed by atoms with Crippen molar-refractivity contribution < 1.29 is 15.0 Å². The average Bonchev–Trinajstić information content (AvgIpc) is 2.99. The van der Waals surface area contributed by atoms with Crippen molar-refractivity contribution in [2.24, 2.45) is 5.92 Å². The molecule has 0 spiro atoms. The maximum Gasteiger partial charge on any atom is 0.307 e. The number of hydrogen-bond donors (Lipinski definition) is 5. The standard InChI is InChI=1S/C27H35N5O3/c1-18-14-25(29-31(3)30-26(18)23-7-4-8-24(19(23)2)28-17-33)21-11-9-20(10-12-21)15-32-13-5-6-22(16-32)27(34)35/h4,7-12,14,22,26,28-30,33H,1,5-6,13,15-17H2,2-3H3,(H,34,35)/t22?,26-/m1/s1. The molecule has 2 aromatic carbocycles. The van der Waals surface area contributed by atoms with E-state index >= 15 is 0 Å². The van der Waals surface area contributed by atoms with Gasteiger partial charge in [0.15, 0.2) is 0 Å². The molecule has 2 aromatic rings. The van der Waals surface area contributed by atoms with E-state index in [9.17, 15) is 15.0 Å². The van der Waals surface area contributed by atoms with Crippen LogP contribution in [0.25, 0.3) is 5.70 Å². The Morgan fingerprint density at radius 2 is 2.00 bits per heavy atom. The van der Waals surface area contributed by atoms with Crippen LogP contribution < -0.4 is 16.2 Å². The molecule has 2 atom stereocenters. The third-order valence-electron chi connectivity index (χ3n) is 6.79. The molecule has 1 saturated heterocycles. The molecule has 2 heterocycles. The first-order chi connectivity index (χ1) is 16.9. The number of anilines is 1. The molecule has 0 aromatic heterocycles. The van der Waals surface area contributed by atoms with E-state index < -0.39 is 5.97 Å². The summed E-state index contributed by atoms with van der Waals surface area (Å²) >= 11 is 0. The lowest BCUT2D eigenvalue weighted by Gasteiger charge is -2.30. The van der Waals surface area contributed by atoms with Crippen molar-refractivity contribution in [1.82, 2.24) is 20.9 Å². The number of carboxylic acids is 1. The third-order valence-corrected chi connectivity index (χ3v) is 6.79. The van der Waals surface area contributed by atoms with Gasteiger partial charge in [-0.1, -0.05) is 43.0 Å². The molecule has 2 aliphatic rings. The predicted octanol–water partition coefficient (Wildman–Crippen LogP) is 3.25. The molecule has 8 heteroatoms. The van der Waals surface area contributed by atoms with E-state index in [0.29, 0.717) is 6.54 Å². The summed E-state index contributed by atoms with van der Waals surface area (Å²) in [4.78, 5) is 13.6. The summed E-state index contributed by atoms with van der Waals surface area (Å²) in [5, 5.41) is 23.5. The molecule has 2 aliphatic heterocycles. The van der Waals surface area contributed by atoms with Crippen LogP contribution in [0.1, 0.15) is 41.1 Å². The van der Waals surface area contributed by atoms with Crippen LogP contribution in [0, 0.1) is 12.8 Å². The zero-order chi connectivity index (χ0) is 24.9. The molecule has 0 amide bonds. The summed E-state index contributed by atoms with van der Waals surface area (Å²) in [6, 6.07) is 14.2. The number of benzene rings is 2. The maximum absolute atomic E-state index is 11.4. The Morgan fingerprint density at radius 3 is 2.71 bits per heavy atom. The molecule has 0 saturated carbocycles. The number of piperidine rings is 1. The molecule has 1 unspecified atom stereocenters. The molecule has 8 nitrogen and oxygen atoms in total. The highest BCUT2D eigenvalue weighted by molar-refractivity contribution is 5.70. The largest absolute Gasteiger partial charge is 0.481 e. The van der Waals surface area contributed by atoms with Crippen LogP contribution in [0.3, 0.4) is 0 Å². The monoisotopic (exact) mass is 477 g/mol. The molecular weight excluding hydrogens is 442 g/mol. The summed E-state index contributed by atoms with van der Waals surface area (Å²) in [6.45, 7) is 8.55. The number of nitrogens with zero attached hydrogens (tertiary/aromatic N) is 2. The fraction of sp³-hybridized carbons (Fsp3) is 0.370. The Bertz CT molecular complexity index is 1100. The fourth-order valence-corrected chi connectivity index (χ4v) is 4.90. The van der Waals surface area contributed by atoms with Gasteiger partial charge in [-0.15, -0.1) is 0 Å². The first-order valence-electron chi connectivity index (χ1n) is 12.0. The van der Waals surface area contributed by atoms with E-state index in [1.807, 2.05) is 31.2 Å². The normalized spacial score (nSPS) is 21.7. The number of likely N-dealkylation sites (tertiary alicyclic amines) is 1. The first-order valence-corrected chi connectivity index (χ1v) is 12.0. The van der Waals surface area contributed by atoms with Crippen LogP contribution in [0.4, 0.5) is 5.69 Å². The van der Waals surface area contributed by atoms with Crippen LogP contribution in [0.5, 0.6) is 0 Å². The van der Waals surface area contributed by atoms with Crippen molar-refractivity contribution in [1.29, 1.82) is 0 Å². The SMILES string of the molecule is C=C1C=C(c2ccc(CN3CCCC(C(=O)O)C3)cc2)NN(C)N[C@H]1c1cccc(NCO)c1C. The second kappa shape index (κ2) is 11.0. The number of aliphatic hydroxyl groups is 1. The summed E-state index contributed by atoms with van der Waals surface area (Å²) in [7, 11) is 1.92. The van der Waals surface area contributed by atoms with Crippen LogP contribution in [-0.4, -0.2) is 53.1 Å². The smallest absolute Gasteiger partial charge is 0.307 e. The number of rotatable bonds is 7. The number of hydrogen-bond acceptors (Lipinski definition) is 7. The highest BCUT2D eigenvalue weighted by Crippen LogP contribution is 2.32. The van der Waals surface area contributed by atoms with Gasteiger partial charge in [-0.25, -0.2) is 5.43 Å². The van der Waals surface area contributed by atoms with Crippen molar-refractivity contribution in [3.05, 3.63) is 82.9 Å². The summed E-state index contributed by atoms with van der Waals surface area (Å²) < 4.78 is 0. The number of aliphatic hydroxyl groups excluding tert-OH is 1. The van der Waals surface area contributed by atoms with Gasteiger partial charge >= 0.3 is 5.97 Å². The van der Waals surface area contributed by atoms with E-state index in [2.05, 4.69) is 64.1 Å². The lowest BCUT2D eigenvalue weighted by atomic mass is 9.94. The highest BCUT2D eigenvalue weighted by atomic mass is 16.4. The van der Waals surface area contributed by atoms with Crippen molar-refractivity contribution in [2.75, 3.05) is 32.2 Å². The van der Waals surface area contributed by atoms with Crippen LogP contribution in [0.2, 0.25) is 0 Å². The zero-order valence-corrected chi connectivity index (χ0v) is 20.4. The maximum atomic E-state index is 11.4. The number of carbonyl (C=O) groups is 1. The Morgan fingerprint density at radius 1 is 1.23 bits per heavy atom. The second-order valence-corrected chi connectivity index (χ2v) is 9.33. The highest BCUT2D eigenvalue weighted by Gasteiger charge is 2.26. The van der Waals surface area contributed by atoms with Gasteiger partial charge in [-0.2, -0.15) is 5.12 Å². The zero-order valence-electron chi connectivity index (χ0n) is 20.4. The van der Waals surface area contributed by atoms with E-state index in [1.54, 1.807) is 0 Å². The molecular formula is C27H35N5O3. The predicted molar refractivity (Wildman–Crippen MR) is 138 cm³/mol. The summed E-state index contributed by atoms with van der Waals surface area (Å²) in [6.07, 6.45) is 3.75. The second-order valence-electron chi connectivity index (χ2n) is 9.33. The Balaban J connectivity index is 1.50. The van der Waals surface area contributed by atoms with Gasteiger partial charge in [0.05, 0.1) is 17.7 Å². The molecule has 0 aliphatic carbocycles. The van der Waals surface area contributed by atoms with E-state index in [-0.39, 0.29) is 18.7 Å². The summed E-state index contributed by atoms with van der Waals surface area (Å²) in [5.74, 6) is -0.964. The minimum atomic E-state index is -0.695. The minimum absolute atomic E-state index is 0.122. The van der Waals surface area contributed by atoms with Gasteiger partial charge in [0.25, 0.3) is 0 Å². The lowest BCUT2D eigenvalue weighted by Crippen LogP contribution is -2.44. The van der Waals surface area contributed by atoms with Gasteiger partial charge in [0.1, 0.15) is 6.73 Å². The lowest BCUT2D eigenvalue weighted by molar-refractivity contribution is -0.143. The van der Waals surface area contributed by atoms with Gasteiger partial charge in [0, 0.05) is 25.8 Å². The molecule has 186 valence electrons. The van der Waals surface area contributed by atoms with E-state index in [0.717, 1.165) is 59.6 Å². The van der Waals surface area contributed by atoms with Gasteiger partial charge in [-0.05, 0) is 66.3 Å². The van der Waals surface area contributed by atoms with Gasteiger partial charge in [0.2, 0.25) is 0 Å². The molecule has 4 rings (SSSR count). The van der Waals surface area contributed by atoms with Gasteiger partial charge in [-0.3, -0.25) is 9.69 Å². The van der Waals surface area contributed by atoms with Crippen LogP contribution in [0.15, 0.2) is 60.7 Å². The Labute approximate surface area is 206 Å². The van der Waals surface area contributed by atoms with Crippen LogP contribution >= 0.6 is 0 Å². The quantitative estimate of drug-likeness (QED) is 0.388. The van der Waals surface area contributed by atoms with E-state index in [1.165, 1.54) is 5.56 Å². The number of carboxylic acid groups (broad SMARTS) is 1. The molecule has 0 radical (unpaired) electrons. The number of aliphatic carboxylic acids is 1. The Kier molecular flexibility index (Phi) is 7.87. The average molecular weight is 478 g/mol. The van der Waals surface area contributed by atoms with Crippen molar-refractivity contribution >= 4 is 17.4 Å². The minimum Gasteiger partial charge on any atom is -0.481 e. The van der Waals surface area contributed by atoms with E-state index in [4.69, 9.17) is 0 Å².